The highest BCUT2D eigenvalue weighted by molar-refractivity contribution is 9.10. The maximum Gasteiger partial charge on any atom is 0.410 e. The third-order valence-corrected chi connectivity index (χ3v) is 3.04. The number of carbonyl (C=O) groups excluding carboxylic acids is 2. The zero-order chi connectivity index (χ0) is 13.5. The van der Waals surface area contributed by atoms with E-state index in [0.717, 1.165) is 4.47 Å². The van der Waals surface area contributed by atoms with Crippen molar-refractivity contribution in [2.45, 2.75) is 13.8 Å². The summed E-state index contributed by atoms with van der Waals surface area (Å²) in [7, 11) is 0. The van der Waals surface area contributed by atoms with Crippen LogP contribution in [0.2, 0.25) is 0 Å². The van der Waals surface area contributed by atoms with Gasteiger partial charge >= 0.3 is 6.09 Å². The first-order valence-corrected chi connectivity index (χ1v) is 6.58. The average molecular weight is 314 g/mol. The fourth-order valence-corrected chi connectivity index (χ4v) is 1.68. The van der Waals surface area contributed by atoms with Gasteiger partial charge in [-0.1, -0.05) is 28.1 Å². The molecule has 0 aliphatic heterocycles. The second-order valence-corrected chi connectivity index (χ2v) is 4.57. The number of Topliss-reactive ketones (excluding diaryl/α,β-unsaturated/α-hetero) is 1. The van der Waals surface area contributed by atoms with Crippen molar-refractivity contribution in [1.29, 1.82) is 0 Å². The fraction of sp³-hybridized carbons (Fsp3) is 0.385. The summed E-state index contributed by atoms with van der Waals surface area (Å²) < 4.78 is 5.86. The number of benzene rings is 1. The van der Waals surface area contributed by atoms with Crippen molar-refractivity contribution in [3.63, 3.8) is 0 Å². The Hall–Kier alpha value is -1.36. The van der Waals surface area contributed by atoms with Gasteiger partial charge in [0, 0.05) is 23.1 Å². The number of nitrogens with zero attached hydrogens (tertiary/aromatic N) is 1. The number of hydrogen-bond acceptors (Lipinski definition) is 3. The molecule has 18 heavy (non-hydrogen) atoms. The number of hydrogen-bond donors (Lipinski definition) is 0. The van der Waals surface area contributed by atoms with Crippen LogP contribution in [0.4, 0.5) is 4.79 Å². The van der Waals surface area contributed by atoms with Gasteiger partial charge in [-0.3, -0.25) is 4.79 Å². The Labute approximate surface area is 115 Å². The largest absolute Gasteiger partial charge is 0.441 e. The van der Waals surface area contributed by atoms with Crippen LogP contribution in [0.25, 0.3) is 0 Å². The maximum absolute atomic E-state index is 11.7. The highest BCUT2D eigenvalue weighted by atomic mass is 79.9. The molecular weight excluding hydrogens is 298 g/mol. The fourth-order valence-electron chi connectivity index (χ4n) is 1.42. The summed E-state index contributed by atoms with van der Waals surface area (Å²) in [6.45, 7) is 4.64. The van der Waals surface area contributed by atoms with Gasteiger partial charge in [0.2, 0.25) is 0 Å². The molecule has 0 heterocycles. The van der Waals surface area contributed by atoms with Crippen LogP contribution >= 0.6 is 15.9 Å². The second kappa shape index (κ2) is 7.16. The summed E-state index contributed by atoms with van der Waals surface area (Å²) in [5.74, 6) is -0.206. The van der Waals surface area contributed by atoms with Gasteiger partial charge < -0.3 is 9.64 Å². The highest BCUT2D eigenvalue weighted by Crippen LogP contribution is 2.11. The summed E-state index contributed by atoms with van der Waals surface area (Å²) in [5.41, 5.74) is 0.533. The second-order valence-electron chi connectivity index (χ2n) is 3.66. The van der Waals surface area contributed by atoms with E-state index in [-0.39, 0.29) is 12.4 Å². The molecule has 0 aliphatic rings. The molecule has 1 aromatic rings. The lowest BCUT2D eigenvalue weighted by Gasteiger charge is -2.17. The topological polar surface area (TPSA) is 46.6 Å². The lowest BCUT2D eigenvalue weighted by molar-refractivity contribution is 0.0762. The molecule has 0 aliphatic carbocycles. The summed E-state index contributed by atoms with van der Waals surface area (Å²) in [6, 6.07) is 6.94. The quantitative estimate of drug-likeness (QED) is 0.785. The van der Waals surface area contributed by atoms with Crippen LogP contribution < -0.4 is 0 Å². The first kappa shape index (κ1) is 14.7. The van der Waals surface area contributed by atoms with Gasteiger partial charge in [0.1, 0.15) is 0 Å². The molecule has 4 nitrogen and oxygen atoms in total. The Morgan fingerprint density at radius 1 is 1.17 bits per heavy atom. The zero-order valence-electron chi connectivity index (χ0n) is 10.5. The van der Waals surface area contributed by atoms with Gasteiger partial charge in [0.15, 0.2) is 12.4 Å². The van der Waals surface area contributed by atoms with E-state index in [0.29, 0.717) is 18.7 Å². The Morgan fingerprint density at radius 3 is 2.22 bits per heavy atom. The molecule has 0 saturated carbocycles. The number of ether oxygens (including phenoxy) is 1. The SMILES string of the molecule is CCN(CC)C(=O)OCC(=O)c1ccc(Br)cc1. The van der Waals surface area contributed by atoms with E-state index >= 15 is 0 Å². The van der Waals surface area contributed by atoms with Gasteiger partial charge in [0.05, 0.1) is 0 Å². The standard InChI is InChI=1S/C13H16BrNO3/c1-3-15(4-2)13(17)18-9-12(16)10-5-7-11(14)8-6-10/h5-8H,3-4,9H2,1-2H3. The van der Waals surface area contributed by atoms with Crippen molar-refractivity contribution in [2.75, 3.05) is 19.7 Å². The first-order chi connectivity index (χ1) is 8.58. The third kappa shape index (κ3) is 4.14. The van der Waals surface area contributed by atoms with Crippen LogP contribution in [-0.4, -0.2) is 36.5 Å². The van der Waals surface area contributed by atoms with E-state index in [9.17, 15) is 9.59 Å². The number of ketones is 1. The molecule has 1 aromatic carbocycles. The predicted molar refractivity (Wildman–Crippen MR) is 72.7 cm³/mol. The highest BCUT2D eigenvalue weighted by Gasteiger charge is 2.13. The Morgan fingerprint density at radius 2 is 1.72 bits per heavy atom. The van der Waals surface area contributed by atoms with E-state index in [1.165, 1.54) is 4.90 Å². The van der Waals surface area contributed by atoms with E-state index < -0.39 is 6.09 Å². The van der Waals surface area contributed by atoms with Crippen LogP contribution in [0.1, 0.15) is 24.2 Å². The van der Waals surface area contributed by atoms with Crippen molar-refractivity contribution < 1.29 is 14.3 Å². The van der Waals surface area contributed by atoms with Gasteiger partial charge in [-0.25, -0.2) is 4.79 Å². The lowest BCUT2D eigenvalue weighted by atomic mass is 10.1. The summed E-state index contributed by atoms with van der Waals surface area (Å²) >= 11 is 3.29. The molecule has 98 valence electrons. The summed E-state index contributed by atoms with van der Waals surface area (Å²) in [5, 5.41) is 0. The summed E-state index contributed by atoms with van der Waals surface area (Å²) in [6.07, 6.45) is -0.453. The Kier molecular flexibility index (Phi) is 5.85. The van der Waals surface area contributed by atoms with Crippen LogP contribution in [0.15, 0.2) is 28.7 Å². The third-order valence-electron chi connectivity index (χ3n) is 2.51. The molecule has 0 aromatic heterocycles. The molecule has 0 atom stereocenters. The first-order valence-electron chi connectivity index (χ1n) is 5.79. The van der Waals surface area contributed by atoms with Gasteiger partial charge in [-0.2, -0.15) is 0 Å². The smallest absolute Gasteiger partial charge is 0.410 e. The van der Waals surface area contributed by atoms with E-state index in [4.69, 9.17) is 4.74 Å². The Balaban J connectivity index is 2.51. The van der Waals surface area contributed by atoms with Gasteiger partial charge in [-0.15, -0.1) is 0 Å². The van der Waals surface area contributed by atoms with Crippen LogP contribution in [0, 0.1) is 0 Å². The van der Waals surface area contributed by atoms with E-state index in [1.54, 1.807) is 24.3 Å². The van der Waals surface area contributed by atoms with E-state index in [1.807, 2.05) is 13.8 Å². The minimum atomic E-state index is -0.453. The van der Waals surface area contributed by atoms with Crippen molar-refractivity contribution >= 4 is 27.8 Å². The molecule has 0 bridgehead atoms. The number of halogens is 1. The zero-order valence-corrected chi connectivity index (χ0v) is 12.1. The molecule has 1 rings (SSSR count). The molecule has 0 radical (unpaired) electrons. The molecular formula is C13H16BrNO3. The van der Waals surface area contributed by atoms with Crippen molar-refractivity contribution in [3.05, 3.63) is 34.3 Å². The summed E-state index contributed by atoms with van der Waals surface area (Å²) in [4.78, 5) is 24.8. The number of rotatable bonds is 5. The van der Waals surface area contributed by atoms with Crippen molar-refractivity contribution in [2.24, 2.45) is 0 Å². The molecule has 1 amide bonds. The van der Waals surface area contributed by atoms with Gasteiger partial charge in [-0.05, 0) is 26.0 Å². The van der Waals surface area contributed by atoms with E-state index in [2.05, 4.69) is 15.9 Å². The predicted octanol–water partition coefficient (Wildman–Crippen LogP) is 3.11. The minimum Gasteiger partial charge on any atom is -0.441 e. The van der Waals surface area contributed by atoms with Crippen molar-refractivity contribution in [1.82, 2.24) is 4.90 Å². The van der Waals surface area contributed by atoms with Crippen LogP contribution in [0.3, 0.4) is 0 Å². The van der Waals surface area contributed by atoms with Crippen LogP contribution in [-0.2, 0) is 4.74 Å². The molecule has 0 fully saturated rings. The molecule has 0 saturated heterocycles. The number of carbonyl (C=O) groups is 2. The average Bonchev–Trinajstić information content (AvgIpc) is 2.38. The maximum atomic E-state index is 11.7. The monoisotopic (exact) mass is 313 g/mol. The molecule has 0 N–H and O–H groups in total. The number of amides is 1. The molecule has 0 unspecified atom stereocenters. The normalized spacial score (nSPS) is 9.94. The molecule has 5 heteroatoms. The minimum absolute atomic E-state index is 0.206. The van der Waals surface area contributed by atoms with Crippen LogP contribution in [0.5, 0.6) is 0 Å². The Bertz CT molecular complexity index is 413. The lowest BCUT2D eigenvalue weighted by Crippen LogP contribution is -2.32. The van der Waals surface area contributed by atoms with Gasteiger partial charge in [0.25, 0.3) is 0 Å². The molecule has 0 spiro atoms. The van der Waals surface area contributed by atoms with Crippen molar-refractivity contribution in [3.8, 4) is 0 Å².